The van der Waals surface area contributed by atoms with E-state index in [1.807, 2.05) is 11.8 Å². The summed E-state index contributed by atoms with van der Waals surface area (Å²) in [6.07, 6.45) is 3.13. The maximum Gasteiger partial charge on any atom is 0.268 e. The van der Waals surface area contributed by atoms with Gasteiger partial charge < -0.3 is 4.90 Å². The van der Waals surface area contributed by atoms with Crippen LogP contribution in [0.1, 0.15) is 23.3 Å². The van der Waals surface area contributed by atoms with Crippen LogP contribution in [0.2, 0.25) is 0 Å². The number of thiophene rings is 1. The summed E-state index contributed by atoms with van der Waals surface area (Å²) in [6, 6.07) is 6.13. The third-order valence-electron chi connectivity index (χ3n) is 5.09. The van der Waals surface area contributed by atoms with Gasteiger partial charge >= 0.3 is 0 Å². The fraction of sp³-hybridized carbons (Fsp3) is 0.368. The molecule has 2 aromatic heterocycles. The largest absolute Gasteiger partial charge is 0.342 e. The molecule has 0 aliphatic carbocycles. The van der Waals surface area contributed by atoms with Crippen molar-refractivity contribution in [1.29, 1.82) is 0 Å². The summed E-state index contributed by atoms with van der Waals surface area (Å²) in [5, 5.41) is 0.762. The summed E-state index contributed by atoms with van der Waals surface area (Å²) in [7, 11) is 0. The highest BCUT2D eigenvalue weighted by Gasteiger charge is 2.26. The van der Waals surface area contributed by atoms with Gasteiger partial charge in [-0.05, 0) is 54.8 Å². The second-order valence-corrected chi connectivity index (χ2v) is 8.90. The molecule has 0 amide bonds. The molecule has 0 unspecified atom stereocenters. The molecule has 1 aromatic carbocycles. The van der Waals surface area contributed by atoms with Crippen molar-refractivity contribution in [2.45, 2.75) is 25.0 Å². The summed E-state index contributed by atoms with van der Waals surface area (Å²) in [6.45, 7) is 1.81. The Morgan fingerprint density at radius 3 is 2.65 bits per heavy atom. The molecule has 5 rings (SSSR count). The molecule has 0 spiro atoms. The number of thioether (sulfide) groups is 1. The summed E-state index contributed by atoms with van der Waals surface area (Å²) in [5.41, 5.74) is 1.83. The number of hydrogen-bond donors (Lipinski definition) is 0. The van der Waals surface area contributed by atoms with Crippen LogP contribution in [0.3, 0.4) is 0 Å². The topological polar surface area (TPSA) is 38.1 Å². The van der Waals surface area contributed by atoms with Crippen LogP contribution in [-0.2, 0) is 12.2 Å². The molecule has 0 N–H and O–H groups in total. The molecule has 1 fully saturated rings. The molecule has 3 aromatic rings. The number of rotatable bonds is 2. The van der Waals surface area contributed by atoms with Gasteiger partial charge in [-0.2, -0.15) is 11.8 Å². The fourth-order valence-electron chi connectivity index (χ4n) is 3.81. The SMILES string of the molecule is O=c1c2c3c(sc2nc(N2CCCC2)n1-c1ccc(F)cc1)CSCC3. The Bertz CT molecular complexity index is 1040. The first-order valence-electron chi connectivity index (χ1n) is 8.88. The Kier molecular flexibility index (Phi) is 4.01. The Morgan fingerprint density at radius 2 is 1.88 bits per heavy atom. The Hall–Kier alpha value is -1.86. The Balaban J connectivity index is 1.81. The van der Waals surface area contributed by atoms with Gasteiger partial charge in [-0.1, -0.05) is 0 Å². The normalized spacial score (nSPS) is 17.0. The zero-order valence-corrected chi connectivity index (χ0v) is 15.8. The van der Waals surface area contributed by atoms with E-state index in [9.17, 15) is 9.18 Å². The summed E-state index contributed by atoms with van der Waals surface area (Å²) >= 11 is 3.57. The first-order valence-corrected chi connectivity index (χ1v) is 10.9. The van der Waals surface area contributed by atoms with Crippen LogP contribution >= 0.6 is 23.1 Å². The average Bonchev–Trinajstić information content (AvgIpc) is 3.30. The smallest absolute Gasteiger partial charge is 0.268 e. The molecule has 2 aliphatic heterocycles. The monoisotopic (exact) mass is 387 g/mol. The molecule has 0 atom stereocenters. The van der Waals surface area contributed by atoms with Crippen LogP contribution in [-0.4, -0.2) is 28.4 Å². The second-order valence-electron chi connectivity index (χ2n) is 6.71. The highest BCUT2D eigenvalue weighted by Crippen LogP contribution is 2.37. The predicted octanol–water partition coefficient (Wildman–Crippen LogP) is 3.98. The molecular formula is C19H18FN3OS2. The van der Waals surface area contributed by atoms with E-state index in [1.165, 1.54) is 22.6 Å². The lowest BCUT2D eigenvalue weighted by Gasteiger charge is -2.21. The van der Waals surface area contributed by atoms with E-state index in [0.717, 1.165) is 54.1 Å². The third-order valence-corrected chi connectivity index (χ3v) is 7.39. The second kappa shape index (κ2) is 6.39. The van der Waals surface area contributed by atoms with E-state index in [4.69, 9.17) is 4.98 Å². The van der Waals surface area contributed by atoms with Crippen LogP contribution < -0.4 is 10.5 Å². The van der Waals surface area contributed by atoms with Crippen molar-refractivity contribution in [3.8, 4) is 5.69 Å². The van der Waals surface area contributed by atoms with Crippen molar-refractivity contribution in [3.05, 3.63) is 50.9 Å². The number of aryl methyl sites for hydroxylation is 1. The predicted molar refractivity (Wildman–Crippen MR) is 106 cm³/mol. The Morgan fingerprint density at radius 1 is 1.12 bits per heavy atom. The van der Waals surface area contributed by atoms with Crippen molar-refractivity contribution in [1.82, 2.24) is 9.55 Å². The van der Waals surface area contributed by atoms with Gasteiger partial charge in [-0.25, -0.2) is 13.9 Å². The van der Waals surface area contributed by atoms with Gasteiger partial charge in [-0.3, -0.25) is 4.79 Å². The first kappa shape index (κ1) is 16.3. The van der Waals surface area contributed by atoms with Gasteiger partial charge in [0.1, 0.15) is 10.6 Å². The minimum Gasteiger partial charge on any atom is -0.342 e. The first-order chi connectivity index (χ1) is 12.7. The van der Waals surface area contributed by atoms with E-state index >= 15 is 0 Å². The van der Waals surface area contributed by atoms with E-state index in [0.29, 0.717) is 11.6 Å². The molecule has 0 saturated carbocycles. The van der Waals surface area contributed by atoms with Crippen LogP contribution in [0, 0.1) is 5.82 Å². The maximum absolute atomic E-state index is 13.5. The fourth-order valence-corrected chi connectivity index (χ4v) is 6.15. The zero-order valence-electron chi connectivity index (χ0n) is 14.2. The zero-order chi connectivity index (χ0) is 17.7. The number of fused-ring (bicyclic) bond motifs is 3. The van der Waals surface area contributed by atoms with Crippen LogP contribution in [0.4, 0.5) is 10.3 Å². The van der Waals surface area contributed by atoms with E-state index in [-0.39, 0.29) is 11.4 Å². The molecule has 0 radical (unpaired) electrons. The lowest BCUT2D eigenvalue weighted by Crippen LogP contribution is -2.30. The van der Waals surface area contributed by atoms with Gasteiger partial charge in [-0.15, -0.1) is 11.3 Å². The van der Waals surface area contributed by atoms with Crippen molar-refractivity contribution in [3.63, 3.8) is 0 Å². The number of benzene rings is 1. The van der Waals surface area contributed by atoms with Crippen molar-refractivity contribution >= 4 is 39.3 Å². The summed E-state index contributed by atoms with van der Waals surface area (Å²) < 4.78 is 15.1. The molecule has 0 bridgehead atoms. The molecule has 26 heavy (non-hydrogen) atoms. The van der Waals surface area contributed by atoms with Gasteiger partial charge in [0.15, 0.2) is 0 Å². The van der Waals surface area contributed by atoms with Crippen molar-refractivity contribution in [2.75, 3.05) is 23.7 Å². The number of nitrogens with zero attached hydrogens (tertiary/aromatic N) is 3. The van der Waals surface area contributed by atoms with Crippen LogP contribution in [0.25, 0.3) is 15.9 Å². The van der Waals surface area contributed by atoms with Crippen molar-refractivity contribution < 1.29 is 4.39 Å². The molecule has 134 valence electrons. The van der Waals surface area contributed by atoms with Gasteiger partial charge in [0.05, 0.1) is 11.1 Å². The molecule has 4 heterocycles. The van der Waals surface area contributed by atoms with Crippen LogP contribution in [0.15, 0.2) is 29.1 Å². The number of hydrogen-bond acceptors (Lipinski definition) is 5. The number of aromatic nitrogens is 2. The average molecular weight is 388 g/mol. The van der Waals surface area contributed by atoms with Crippen molar-refractivity contribution in [2.24, 2.45) is 0 Å². The van der Waals surface area contributed by atoms with E-state index in [2.05, 4.69) is 4.90 Å². The number of anilines is 1. The molecule has 1 saturated heterocycles. The summed E-state index contributed by atoms with van der Waals surface area (Å²) in [5.74, 6) is 2.40. The highest BCUT2D eigenvalue weighted by molar-refractivity contribution is 7.98. The highest BCUT2D eigenvalue weighted by atomic mass is 32.2. The minimum atomic E-state index is -0.302. The van der Waals surface area contributed by atoms with Gasteiger partial charge in [0, 0.05) is 23.7 Å². The molecular weight excluding hydrogens is 369 g/mol. The van der Waals surface area contributed by atoms with E-state index in [1.54, 1.807) is 28.0 Å². The van der Waals surface area contributed by atoms with E-state index < -0.39 is 0 Å². The Labute approximate surface area is 158 Å². The van der Waals surface area contributed by atoms with Gasteiger partial charge in [0.2, 0.25) is 5.95 Å². The van der Waals surface area contributed by atoms with Crippen LogP contribution in [0.5, 0.6) is 0 Å². The summed E-state index contributed by atoms with van der Waals surface area (Å²) in [4.78, 5) is 22.8. The standard InChI is InChI=1S/C19H18FN3OS2/c20-12-3-5-13(6-4-12)23-18(24)16-14-7-10-25-11-15(14)26-17(16)21-19(23)22-8-1-2-9-22/h3-6H,1-2,7-11H2. The molecule has 2 aliphatic rings. The molecule has 7 heteroatoms. The minimum absolute atomic E-state index is 0.0205. The quantitative estimate of drug-likeness (QED) is 0.667. The number of halogens is 1. The third kappa shape index (κ3) is 2.56. The lowest BCUT2D eigenvalue weighted by atomic mass is 10.1. The van der Waals surface area contributed by atoms with Gasteiger partial charge in [0.25, 0.3) is 5.56 Å². The lowest BCUT2D eigenvalue weighted by molar-refractivity contribution is 0.627. The maximum atomic E-state index is 13.5. The molecule has 4 nitrogen and oxygen atoms in total.